The SMILES string of the molecule is CC(c1cccc(C(=O)c2ccccc2)c1)c1cc(N=C(N(C)C)N(C)C)on1. The van der Waals surface area contributed by atoms with Gasteiger partial charge in [-0.3, -0.25) is 4.79 Å². The number of ketones is 1. The van der Waals surface area contributed by atoms with E-state index in [0.717, 1.165) is 17.2 Å². The highest BCUT2D eigenvalue weighted by atomic mass is 16.5. The van der Waals surface area contributed by atoms with Crippen molar-refractivity contribution in [2.75, 3.05) is 28.2 Å². The van der Waals surface area contributed by atoms with E-state index in [4.69, 9.17) is 4.52 Å². The quantitative estimate of drug-likeness (QED) is 0.372. The maximum Gasteiger partial charge on any atom is 0.253 e. The van der Waals surface area contributed by atoms with E-state index in [2.05, 4.69) is 10.1 Å². The van der Waals surface area contributed by atoms with Gasteiger partial charge in [-0.2, -0.15) is 4.99 Å². The molecule has 6 nitrogen and oxygen atoms in total. The summed E-state index contributed by atoms with van der Waals surface area (Å²) in [5.74, 6) is 1.18. The molecule has 3 rings (SSSR count). The van der Waals surface area contributed by atoms with Crippen LogP contribution in [0.5, 0.6) is 0 Å². The van der Waals surface area contributed by atoms with Gasteiger partial charge < -0.3 is 14.3 Å². The molecule has 0 spiro atoms. The largest absolute Gasteiger partial charge is 0.349 e. The highest BCUT2D eigenvalue weighted by Crippen LogP contribution is 2.27. The summed E-state index contributed by atoms with van der Waals surface area (Å²) in [4.78, 5) is 21.1. The lowest BCUT2D eigenvalue weighted by Crippen LogP contribution is -2.35. The second-order valence-corrected chi connectivity index (χ2v) is 7.33. The van der Waals surface area contributed by atoms with Gasteiger partial charge in [-0.05, 0) is 11.6 Å². The van der Waals surface area contributed by atoms with Gasteiger partial charge in [0.25, 0.3) is 5.88 Å². The number of rotatable bonds is 5. The predicted molar refractivity (Wildman–Crippen MR) is 115 cm³/mol. The van der Waals surface area contributed by atoms with Gasteiger partial charge in [-0.15, -0.1) is 0 Å². The summed E-state index contributed by atoms with van der Waals surface area (Å²) < 4.78 is 5.43. The topological polar surface area (TPSA) is 61.9 Å². The van der Waals surface area contributed by atoms with Crippen LogP contribution in [-0.4, -0.2) is 54.9 Å². The lowest BCUT2D eigenvalue weighted by Gasteiger charge is -2.21. The van der Waals surface area contributed by atoms with Crippen LogP contribution in [0.4, 0.5) is 5.88 Å². The molecule has 0 bridgehead atoms. The number of carbonyl (C=O) groups is 1. The molecule has 0 saturated carbocycles. The third kappa shape index (κ3) is 4.71. The number of aliphatic imine (C=N–C) groups is 1. The number of aromatic nitrogens is 1. The number of benzene rings is 2. The molecule has 29 heavy (non-hydrogen) atoms. The first-order valence-corrected chi connectivity index (χ1v) is 9.46. The minimum absolute atomic E-state index is 0.00620. The fraction of sp³-hybridized carbons (Fsp3) is 0.261. The van der Waals surface area contributed by atoms with E-state index in [9.17, 15) is 4.79 Å². The Balaban J connectivity index is 1.85. The number of guanidine groups is 1. The second-order valence-electron chi connectivity index (χ2n) is 7.33. The van der Waals surface area contributed by atoms with Crippen LogP contribution in [0.2, 0.25) is 0 Å². The van der Waals surface area contributed by atoms with Crippen LogP contribution >= 0.6 is 0 Å². The van der Waals surface area contributed by atoms with E-state index in [1.807, 2.05) is 106 Å². The third-order valence-corrected chi connectivity index (χ3v) is 4.65. The molecular weight excluding hydrogens is 364 g/mol. The Morgan fingerprint density at radius 3 is 2.24 bits per heavy atom. The van der Waals surface area contributed by atoms with Crippen molar-refractivity contribution in [2.45, 2.75) is 12.8 Å². The van der Waals surface area contributed by atoms with Gasteiger partial charge in [-0.1, -0.05) is 60.6 Å². The molecule has 1 aromatic heterocycles. The lowest BCUT2D eigenvalue weighted by molar-refractivity contribution is 0.103. The summed E-state index contributed by atoms with van der Waals surface area (Å²) in [6.07, 6.45) is 0. The van der Waals surface area contributed by atoms with Crippen LogP contribution in [0, 0.1) is 0 Å². The third-order valence-electron chi connectivity index (χ3n) is 4.65. The summed E-state index contributed by atoms with van der Waals surface area (Å²) >= 11 is 0. The molecule has 0 aliphatic heterocycles. The molecule has 3 aromatic rings. The number of hydrogen-bond donors (Lipinski definition) is 0. The number of carbonyl (C=O) groups excluding carboxylic acids is 1. The Kier molecular flexibility index (Phi) is 6.12. The summed E-state index contributed by atoms with van der Waals surface area (Å²) in [6, 6.07) is 18.8. The van der Waals surface area contributed by atoms with Crippen molar-refractivity contribution in [3.63, 3.8) is 0 Å². The Labute approximate surface area is 171 Å². The molecular formula is C23H26N4O2. The van der Waals surface area contributed by atoms with Gasteiger partial charge in [0, 0.05) is 51.3 Å². The second kappa shape index (κ2) is 8.73. The van der Waals surface area contributed by atoms with E-state index in [-0.39, 0.29) is 11.7 Å². The van der Waals surface area contributed by atoms with Crippen LogP contribution in [0.25, 0.3) is 0 Å². The summed E-state index contributed by atoms with van der Waals surface area (Å²) in [7, 11) is 7.70. The Morgan fingerprint density at radius 1 is 0.931 bits per heavy atom. The maximum atomic E-state index is 12.7. The van der Waals surface area contributed by atoms with Crippen molar-refractivity contribution in [3.8, 4) is 0 Å². The van der Waals surface area contributed by atoms with E-state index < -0.39 is 0 Å². The van der Waals surface area contributed by atoms with Crippen LogP contribution in [0.3, 0.4) is 0 Å². The average Bonchev–Trinajstić information content (AvgIpc) is 3.20. The molecule has 1 heterocycles. The minimum atomic E-state index is -0.0339. The molecule has 6 heteroatoms. The molecule has 0 N–H and O–H groups in total. The standard InChI is InChI=1S/C23H26N4O2/c1-16(20-15-21(29-25-20)24-23(26(2)3)27(4)5)18-12-9-13-19(14-18)22(28)17-10-7-6-8-11-17/h6-16H,1-5H3. The van der Waals surface area contributed by atoms with Crippen molar-refractivity contribution in [1.29, 1.82) is 0 Å². The van der Waals surface area contributed by atoms with Gasteiger partial charge in [0.1, 0.15) is 0 Å². The van der Waals surface area contributed by atoms with Gasteiger partial charge >= 0.3 is 0 Å². The molecule has 1 unspecified atom stereocenters. The highest BCUT2D eigenvalue weighted by Gasteiger charge is 2.17. The van der Waals surface area contributed by atoms with Gasteiger partial charge in [0.05, 0.1) is 5.69 Å². The van der Waals surface area contributed by atoms with Crippen LogP contribution in [0.15, 0.2) is 70.2 Å². The molecule has 0 aliphatic carbocycles. The van der Waals surface area contributed by atoms with Crippen LogP contribution in [0.1, 0.15) is 40.0 Å². The fourth-order valence-electron chi connectivity index (χ4n) is 3.11. The zero-order chi connectivity index (χ0) is 21.0. The van der Waals surface area contributed by atoms with Crippen LogP contribution in [-0.2, 0) is 0 Å². The van der Waals surface area contributed by atoms with Gasteiger partial charge in [0.2, 0.25) is 5.96 Å². The summed E-state index contributed by atoms with van der Waals surface area (Å²) in [6.45, 7) is 2.04. The molecule has 0 radical (unpaired) electrons. The smallest absolute Gasteiger partial charge is 0.253 e. The zero-order valence-corrected chi connectivity index (χ0v) is 17.5. The van der Waals surface area contributed by atoms with Crippen molar-refractivity contribution in [1.82, 2.24) is 15.0 Å². The summed E-state index contributed by atoms with van der Waals surface area (Å²) in [5.41, 5.74) is 3.10. The Bertz CT molecular complexity index is 996. The molecule has 150 valence electrons. The van der Waals surface area contributed by atoms with Gasteiger partial charge in [-0.25, -0.2) is 0 Å². The first-order chi connectivity index (χ1) is 13.9. The van der Waals surface area contributed by atoms with Gasteiger partial charge in [0.15, 0.2) is 5.78 Å². The fourth-order valence-corrected chi connectivity index (χ4v) is 3.11. The highest BCUT2D eigenvalue weighted by molar-refractivity contribution is 6.09. The van der Waals surface area contributed by atoms with E-state index in [1.165, 1.54) is 0 Å². The monoisotopic (exact) mass is 390 g/mol. The normalized spacial score (nSPS) is 11.6. The first kappa shape index (κ1) is 20.3. The predicted octanol–water partition coefficient (Wildman–Crippen LogP) is 4.17. The first-order valence-electron chi connectivity index (χ1n) is 9.46. The van der Waals surface area contributed by atoms with Crippen molar-refractivity contribution < 1.29 is 9.32 Å². The Hall–Kier alpha value is -3.41. The maximum absolute atomic E-state index is 12.7. The number of nitrogens with zero attached hydrogens (tertiary/aromatic N) is 4. The van der Waals surface area contributed by atoms with E-state index >= 15 is 0 Å². The zero-order valence-electron chi connectivity index (χ0n) is 17.5. The average molecular weight is 390 g/mol. The molecule has 0 fully saturated rings. The minimum Gasteiger partial charge on any atom is -0.349 e. The molecule has 2 aromatic carbocycles. The van der Waals surface area contributed by atoms with Crippen molar-refractivity contribution in [2.24, 2.45) is 4.99 Å². The molecule has 0 aliphatic rings. The molecule has 0 amide bonds. The van der Waals surface area contributed by atoms with Crippen LogP contribution < -0.4 is 0 Å². The number of hydrogen-bond acceptors (Lipinski definition) is 4. The van der Waals surface area contributed by atoms with E-state index in [1.54, 1.807) is 0 Å². The molecule has 1 atom stereocenters. The van der Waals surface area contributed by atoms with Crippen molar-refractivity contribution >= 4 is 17.6 Å². The summed E-state index contributed by atoms with van der Waals surface area (Å²) in [5, 5.41) is 4.19. The van der Waals surface area contributed by atoms with E-state index in [0.29, 0.717) is 17.0 Å². The lowest BCUT2D eigenvalue weighted by atomic mass is 9.94. The Morgan fingerprint density at radius 2 is 1.59 bits per heavy atom. The van der Waals surface area contributed by atoms with Crippen molar-refractivity contribution in [3.05, 3.63) is 83.0 Å². The molecule has 0 saturated heterocycles.